The first-order chi connectivity index (χ1) is 9.31. The van der Waals surface area contributed by atoms with Gasteiger partial charge >= 0.3 is 0 Å². The minimum absolute atomic E-state index is 0.947. The Bertz CT molecular complexity index is 497. The average molecular weight is 260 g/mol. The zero-order valence-electron chi connectivity index (χ0n) is 11.3. The largest absolute Gasteiger partial charge is 0.472 e. The molecule has 0 aliphatic carbocycles. The molecule has 1 saturated heterocycles. The van der Waals surface area contributed by atoms with E-state index in [1.54, 1.807) is 6.26 Å². The van der Waals surface area contributed by atoms with Crippen LogP contribution < -0.4 is 0 Å². The van der Waals surface area contributed by atoms with Crippen molar-refractivity contribution in [3.63, 3.8) is 0 Å². The van der Waals surface area contributed by atoms with Crippen LogP contribution in [0.15, 0.2) is 35.4 Å². The van der Waals surface area contributed by atoms with E-state index in [-0.39, 0.29) is 0 Å². The summed E-state index contributed by atoms with van der Waals surface area (Å²) >= 11 is 0. The third-order valence-corrected chi connectivity index (χ3v) is 3.74. The van der Waals surface area contributed by atoms with Gasteiger partial charge in [-0.3, -0.25) is 9.80 Å². The van der Waals surface area contributed by atoms with Gasteiger partial charge in [0.25, 0.3) is 0 Å². The number of piperazine rings is 1. The fraction of sp³-hybridized carbons (Fsp3) is 0.500. The third kappa shape index (κ3) is 3.05. The molecule has 2 aromatic heterocycles. The standard InChI is InChI=1S/C14H20N4O/c1-16-4-3-15-14(16)11-18-7-5-17(6-8-18)10-13-2-9-19-12-13/h2-4,9,12H,5-8,10-11H2,1H3. The van der Waals surface area contributed by atoms with Crippen molar-refractivity contribution < 1.29 is 4.42 Å². The first-order valence-corrected chi connectivity index (χ1v) is 6.73. The maximum absolute atomic E-state index is 5.11. The van der Waals surface area contributed by atoms with E-state index in [1.165, 1.54) is 5.56 Å². The summed E-state index contributed by atoms with van der Waals surface area (Å²) in [4.78, 5) is 9.32. The minimum Gasteiger partial charge on any atom is -0.472 e. The predicted octanol–water partition coefficient (Wildman–Crippen LogP) is 1.33. The van der Waals surface area contributed by atoms with Gasteiger partial charge in [0.2, 0.25) is 0 Å². The highest BCUT2D eigenvalue weighted by molar-refractivity contribution is 5.05. The van der Waals surface area contributed by atoms with Crippen molar-refractivity contribution in [1.29, 1.82) is 0 Å². The van der Waals surface area contributed by atoms with E-state index in [0.717, 1.165) is 45.1 Å². The van der Waals surface area contributed by atoms with E-state index >= 15 is 0 Å². The van der Waals surface area contributed by atoms with Crippen molar-refractivity contribution in [2.75, 3.05) is 26.2 Å². The monoisotopic (exact) mass is 260 g/mol. The lowest BCUT2D eigenvalue weighted by atomic mass is 10.2. The summed E-state index contributed by atoms with van der Waals surface area (Å²) in [6, 6.07) is 2.04. The number of aromatic nitrogens is 2. The molecule has 1 aliphatic heterocycles. The summed E-state index contributed by atoms with van der Waals surface area (Å²) in [5, 5.41) is 0. The summed E-state index contributed by atoms with van der Waals surface area (Å²) in [5.41, 5.74) is 1.26. The van der Waals surface area contributed by atoms with E-state index in [2.05, 4.69) is 26.4 Å². The fourth-order valence-electron chi connectivity index (χ4n) is 2.50. The molecule has 1 aliphatic rings. The number of nitrogens with zero attached hydrogens (tertiary/aromatic N) is 4. The SMILES string of the molecule is Cn1ccnc1CN1CCN(Cc2ccoc2)CC1. The maximum atomic E-state index is 5.11. The van der Waals surface area contributed by atoms with Crippen molar-refractivity contribution >= 4 is 0 Å². The Morgan fingerprint density at radius 2 is 1.89 bits per heavy atom. The van der Waals surface area contributed by atoms with Gasteiger partial charge in [-0.15, -0.1) is 0 Å². The van der Waals surface area contributed by atoms with Gasteiger partial charge in [0.1, 0.15) is 5.82 Å². The predicted molar refractivity (Wildman–Crippen MR) is 72.5 cm³/mol. The first-order valence-electron chi connectivity index (χ1n) is 6.73. The Morgan fingerprint density at radius 1 is 1.16 bits per heavy atom. The molecular weight excluding hydrogens is 240 g/mol. The van der Waals surface area contributed by atoms with Crippen LogP contribution in [0.4, 0.5) is 0 Å². The Labute approximate surface area is 113 Å². The zero-order valence-corrected chi connectivity index (χ0v) is 11.3. The topological polar surface area (TPSA) is 37.4 Å². The van der Waals surface area contributed by atoms with E-state index in [0.29, 0.717) is 0 Å². The number of hydrogen-bond donors (Lipinski definition) is 0. The molecule has 3 rings (SSSR count). The van der Waals surface area contributed by atoms with E-state index < -0.39 is 0 Å². The molecular formula is C14H20N4O. The van der Waals surface area contributed by atoms with Gasteiger partial charge in [-0.2, -0.15) is 0 Å². The lowest BCUT2D eigenvalue weighted by molar-refractivity contribution is 0.119. The fourth-order valence-corrected chi connectivity index (χ4v) is 2.50. The van der Waals surface area contributed by atoms with Crippen LogP contribution in [0, 0.1) is 0 Å². The molecule has 0 bridgehead atoms. The lowest BCUT2D eigenvalue weighted by Crippen LogP contribution is -2.45. The van der Waals surface area contributed by atoms with E-state index in [4.69, 9.17) is 4.42 Å². The van der Waals surface area contributed by atoms with Gasteiger partial charge in [-0.05, 0) is 6.07 Å². The molecule has 19 heavy (non-hydrogen) atoms. The van der Waals surface area contributed by atoms with E-state index in [9.17, 15) is 0 Å². The zero-order chi connectivity index (χ0) is 13.1. The van der Waals surface area contributed by atoms with Crippen LogP contribution in [0.2, 0.25) is 0 Å². The second kappa shape index (κ2) is 5.59. The number of imidazole rings is 1. The van der Waals surface area contributed by atoms with Crippen LogP contribution in [0.25, 0.3) is 0 Å². The number of furan rings is 1. The van der Waals surface area contributed by atoms with Gasteiger partial charge in [0, 0.05) is 57.7 Å². The van der Waals surface area contributed by atoms with Crippen molar-refractivity contribution in [3.8, 4) is 0 Å². The molecule has 5 nitrogen and oxygen atoms in total. The summed E-state index contributed by atoms with van der Waals surface area (Å²) in [6.07, 6.45) is 7.45. The molecule has 5 heteroatoms. The molecule has 2 aromatic rings. The molecule has 0 radical (unpaired) electrons. The normalized spacial score (nSPS) is 17.9. The van der Waals surface area contributed by atoms with Crippen LogP contribution in [-0.4, -0.2) is 45.5 Å². The summed E-state index contributed by atoms with van der Waals surface area (Å²) < 4.78 is 7.21. The molecule has 0 N–H and O–H groups in total. The van der Waals surface area contributed by atoms with Gasteiger partial charge in [-0.25, -0.2) is 4.98 Å². The number of hydrogen-bond acceptors (Lipinski definition) is 4. The van der Waals surface area contributed by atoms with Gasteiger partial charge < -0.3 is 8.98 Å². The van der Waals surface area contributed by atoms with Crippen molar-refractivity contribution in [3.05, 3.63) is 42.4 Å². The Hall–Kier alpha value is -1.59. The lowest BCUT2D eigenvalue weighted by Gasteiger charge is -2.34. The van der Waals surface area contributed by atoms with Crippen LogP contribution >= 0.6 is 0 Å². The van der Waals surface area contributed by atoms with Gasteiger partial charge in [0.05, 0.1) is 19.1 Å². The third-order valence-electron chi connectivity index (χ3n) is 3.74. The van der Waals surface area contributed by atoms with Crippen molar-refractivity contribution in [2.24, 2.45) is 7.05 Å². The molecule has 1 fully saturated rings. The van der Waals surface area contributed by atoms with Gasteiger partial charge in [-0.1, -0.05) is 0 Å². The Morgan fingerprint density at radius 3 is 2.47 bits per heavy atom. The molecule has 3 heterocycles. The smallest absolute Gasteiger partial charge is 0.122 e. The maximum Gasteiger partial charge on any atom is 0.122 e. The van der Waals surface area contributed by atoms with Crippen LogP contribution in [-0.2, 0) is 20.1 Å². The molecule has 0 amide bonds. The van der Waals surface area contributed by atoms with Crippen LogP contribution in [0.1, 0.15) is 11.4 Å². The summed E-state index contributed by atoms with van der Waals surface area (Å²) in [7, 11) is 2.05. The molecule has 102 valence electrons. The van der Waals surface area contributed by atoms with Crippen molar-refractivity contribution in [1.82, 2.24) is 19.4 Å². The van der Waals surface area contributed by atoms with E-state index in [1.807, 2.05) is 24.7 Å². The first kappa shape index (κ1) is 12.4. The Balaban J connectivity index is 1.48. The highest BCUT2D eigenvalue weighted by Crippen LogP contribution is 2.10. The quantitative estimate of drug-likeness (QED) is 0.831. The van der Waals surface area contributed by atoms with Crippen molar-refractivity contribution in [2.45, 2.75) is 13.1 Å². The molecule has 0 atom stereocenters. The molecule has 0 aromatic carbocycles. The summed E-state index contributed by atoms with van der Waals surface area (Å²) in [5.74, 6) is 1.14. The Kier molecular flexibility index (Phi) is 3.66. The molecule has 0 unspecified atom stereocenters. The average Bonchev–Trinajstić information content (AvgIpc) is 3.05. The van der Waals surface area contributed by atoms with Crippen LogP contribution in [0.3, 0.4) is 0 Å². The molecule has 0 spiro atoms. The molecule has 0 saturated carbocycles. The number of rotatable bonds is 4. The van der Waals surface area contributed by atoms with Gasteiger partial charge in [0.15, 0.2) is 0 Å². The highest BCUT2D eigenvalue weighted by atomic mass is 16.3. The minimum atomic E-state index is 0.947. The van der Waals surface area contributed by atoms with Crippen LogP contribution in [0.5, 0.6) is 0 Å². The second-order valence-electron chi connectivity index (χ2n) is 5.14. The highest BCUT2D eigenvalue weighted by Gasteiger charge is 2.18. The number of aryl methyl sites for hydroxylation is 1. The second-order valence-corrected chi connectivity index (χ2v) is 5.14. The summed E-state index contributed by atoms with van der Waals surface area (Å²) in [6.45, 7) is 6.36.